The molecular formula is C55H46B3F3N2. The molecule has 2 aromatic heterocycles. The van der Waals surface area contributed by atoms with Crippen molar-refractivity contribution in [2.45, 2.75) is 86.2 Å². The third-order valence-electron chi connectivity index (χ3n) is 15.7. The van der Waals surface area contributed by atoms with Crippen molar-refractivity contribution < 1.29 is 13.2 Å². The van der Waals surface area contributed by atoms with Crippen molar-refractivity contribution in [2.75, 3.05) is 0 Å². The van der Waals surface area contributed by atoms with Crippen LogP contribution >= 0.6 is 0 Å². The van der Waals surface area contributed by atoms with E-state index in [1.807, 2.05) is 0 Å². The number of fused-ring (bicyclic) bond motifs is 4. The normalized spacial score (nSPS) is 14.7. The van der Waals surface area contributed by atoms with Crippen LogP contribution in [0.2, 0.25) is 0 Å². The van der Waals surface area contributed by atoms with Crippen molar-refractivity contribution in [1.29, 1.82) is 0 Å². The van der Waals surface area contributed by atoms with Crippen LogP contribution in [0.3, 0.4) is 0 Å². The Hall–Kier alpha value is -5.88. The second-order valence-electron chi connectivity index (χ2n) is 21.3. The zero-order valence-electron chi connectivity index (χ0n) is 37.5. The fraction of sp³-hybridized carbons (Fsp3) is 0.236. The van der Waals surface area contributed by atoms with Gasteiger partial charge in [-0.05, 0) is 110 Å². The number of hydrogen-bond donors (Lipinski definition) is 0. The summed E-state index contributed by atoms with van der Waals surface area (Å²) in [6, 6.07) is 34.7. The highest BCUT2D eigenvalue weighted by Crippen LogP contribution is 2.45. The Morgan fingerprint density at radius 3 is 0.968 bits per heavy atom. The summed E-state index contributed by atoms with van der Waals surface area (Å²) in [5.41, 5.74) is 19.5. The van der Waals surface area contributed by atoms with Crippen molar-refractivity contribution in [3.8, 4) is 11.4 Å². The summed E-state index contributed by atoms with van der Waals surface area (Å²) in [5, 5.41) is 4.60. The number of alkyl halides is 3. The lowest BCUT2D eigenvalue weighted by Crippen LogP contribution is -2.71. The van der Waals surface area contributed by atoms with Gasteiger partial charge in [0.25, 0.3) is 6.71 Å². The van der Waals surface area contributed by atoms with Gasteiger partial charge < -0.3 is 9.13 Å². The highest BCUT2D eigenvalue weighted by molar-refractivity contribution is 7.06. The third-order valence-corrected chi connectivity index (χ3v) is 15.7. The van der Waals surface area contributed by atoms with Gasteiger partial charge in [-0.3, -0.25) is 0 Å². The van der Waals surface area contributed by atoms with Gasteiger partial charge in [0.2, 0.25) is 13.4 Å². The molecule has 0 saturated carbocycles. The highest BCUT2D eigenvalue weighted by Gasteiger charge is 2.55. The van der Waals surface area contributed by atoms with Gasteiger partial charge in [0.15, 0.2) is 0 Å². The quantitative estimate of drug-likeness (QED) is 0.160. The van der Waals surface area contributed by atoms with E-state index in [-0.39, 0.29) is 17.5 Å². The average Bonchev–Trinajstić information content (AvgIpc) is 3.79. The lowest BCUT2D eigenvalue weighted by atomic mass is 9.26. The van der Waals surface area contributed by atoms with E-state index in [1.54, 1.807) is 0 Å². The van der Waals surface area contributed by atoms with Crippen molar-refractivity contribution in [1.82, 2.24) is 9.13 Å². The minimum atomic E-state index is -4.69. The number of nitrogens with zero attached hydrogens (tertiary/aromatic N) is 2. The molecule has 0 aliphatic carbocycles. The monoisotopic (exact) mass is 824 g/mol. The maximum absolute atomic E-state index is 17.4. The molecule has 0 fully saturated rings. The maximum atomic E-state index is 17.4. The summed E-state index contributed by atoms with van der Waals surface area (Å²) in [6.07, 6.45) is -4.69. The zero-order chi connectivity index (χ0) is 43.7. The third kappa shape index (κ3) is 4.45. The van der Waals surface area contributed by atoms with Crippen LogP contribution in [0.4, 0.5) is 13.2 Å². The predicted octanol–water partition coefficient (Wildman–Crippen LogP) is 7.53. The predicted molar refractivity (Wildman–Crippen MR) is 263 cm³/mol. The smallest absolute Gasteiger partial charge is 0.311 e. The molecule has 306 valence electrons. The molecule has 7 aromatic carbocycles. The maximum Gasteiger partial charge on any atom is 0.415 e. The number of halogens is 3. The number of benzene rings is 7. The zero-order valence-corrected chi connectivity index (χ0v) is 37.5. The van der Waals surface area contributed by atoms with Crippen LogP contribution in [0.25, 0.3) is 55.0 Å². The van der Waals surface area contributed by atoms with E-state index in [1.165, 1.54) is 10.9 Å². The molecule has 0 bridgehead atoms. The molecule has 63 heavy (non-hydrogen) atoms. The average molecular weight is 824 g/mol. The van der Waals surface area contributed by atoms with Crippen LogP contribution in [-0.2, 0) is 17.0 Å². The standard InChI is InChI=1S/C55H46B3F3N2/c1-27-11-23-35-47-39(27)41-29(3)13-25-37-49(41)62(47)51-44(56(35)33-19-15-31(16-20-33)53(5,6)7)43(55(59,60)61)45-52-46(51)58(37)38-26-14-30(4)42-40-28(2)12-24-36(48(40)63(52)50(38)42)57(45)34-21-17-32(18-22-34)54(8,9)10/h11-26H,1-10H3. The Labute approximate surface area is 367 Å². The second-order valence-corrected chi connectivity index (χ2v) is 21.3. The highest BCUT2D eigenvalue weighted by atomic mass is 19.4. The molecule has 0 spiro atoms. The Balaban J connectivity index is 1.32. The molecule has 0 unspecified atom stereocenters. The Bertz CT molecular complexity index is 3380. The summed E-state index contributed by atoms with van der Waals surface area (Å²) < 4.78 is 56.8. The first-order valence-corrected chi connectivity index (χ1v) is 22.5. The van der Waals surface area contributed by atoms with Gasteiger partial charge in [0, 0.05) is 55.0 Å². The molecule has 0 saturated heterocycles. The van der Waals surface area contributed by atoms with E-state index in [0.29, 0.717) is 10.9 Å². The second kappa shape index (κ2) is 11.6. The van der Waals surface area contributed by atoms with E-state index in [4.69, 9.17) is 0 Å². The first-order chi connectivity index (χ1) is 29.9. The van der Waals surface area contributed by atoms with E-state index >= 15 is 13.2 Å². The van der Waals surface area contributed by atoms with Gasteiger partial charge in [-0.2, -0.15) is 13.2 Å². The first kappa shape index (κ1) is 37.7. The van der Waals surface area contributed by atoms with E-state index in [0.717, 1.165) is 116 Å². The SMILES string of the molecule is Cc1ccc2c3c1c1c(C)ccc4c1n3-c1c3c5c(c(C(F)(F)F)c1B2c1ccc(C(C)(C)C)cc1)B(c1ccc(C(C)(C)C)cc1)c1ccc(C)c2c6c(C)ccc(c6n-5c12)B34. The van der Waals surface area contributed by atoms with Crippen LogP contribution in [0.1, 0.15) is 80.5 Å². The van der Waals surface area contributed by atoms with Crippen LogP contribution in [0, 0.1) is 27.7 Å². The molecule has 8 heteroatoms. The van der Waals surface area contributed by atoms with E-state index in [2.05, 4.69) is 175 Å². The van der Waals surface area contributed by atoms with Crippen molar-refractivity contribution in [3.05, 3.63) is 136 Å². The minimum absolute atomic E-state index is 0.115. The molecule has 2 nitrogen and oxygen atoms in total. The molecule has 0 N–H and O–H groups in total. The lowest BCUT2D eigenvalue weighted by molar-refractivity contribution is -0.135. The number of rotatable bonds is 2. The van der Waals surface area contributed by atoms with Gasteiger partial charge in [-0.15, -0.1) is 0 Å². The Morgan fingerprint density at radius 2 is 0.683 bits per heavy atom. The van der Waals surface area contributed by atoms with E-state index in [9.17, 15) is 0 Å². The molecular weight excluding hydrogens is 778 g/mol. The summed E-state index contributed by atoms with van der Waals surface area (Å²) in [4.78, 5) is 0. The topological polar surface area (TPSA) is 9.86 Å². The molecule has 4 aliphatic heterocycles. The van der Waals surface area contributed by atoms with Gasteiger partial charge in [0.1, 0.15) is 0 Å². The fourth-order valence-corrected chi connectivity index (χ4v) is 12.9. The molecule has 9 aromatic rings. The summed E-state index contributed by atoms with van der Waals surface area (Å²) >= 11 is 0. The van der Waals surface area contributed by atoms with Crippen LogP contribution in [0.15, 0.2) is 97.1 Å². The molecule has 0 amide bonds. The van der Waals surface area contributed by atoms with Gasteiger partial charge in [-0.25, -0.2) is 0 Å². The van der Waals surface area contributed by atoms with E-state index < -0.39 is 25.2 Å². The molecule has 6 heterocycles. The Kier molecular flexibility index (Phi) is 6.95. The van der Waals surface area contributed by atoms with Crippen molar-refractivity contribution in [3.63, 3.8) is 0 Å². The molecule has 13 rings (SSSR count). The first-order valence-electron chi connectivity index (χ1n) is 22.5. The fourth-order valence-electron chi connectivity index (χ4n) is 12.9. The minimum Gasteiger partial charge on any atom is -0.311 e. The van der Waals surface area contributed by atoms with Gasteiger partial charge >= 0.3 is 6.18 Å². The molecule has 4 aliphatic rings. The lowest BCUT2D eigenvalue weighted by Gasteiger charge is -2.43. The van der Waals surface area contributed by atoms with Crippen molar-refractivity contribution in [2.24, 2.45) is 0 Å². The van der Waals surface area contributed by atoms with Crippen LogP contribution in [-0.4, -0.2) is 29.3 Å². The summed E-state index contributed by atoms with van der Waals surface area (Å²) in [6.45, 7) is 20.2. The number of aryl methyl sites for hydroxylation is 4. The summed E-state index contributed by atoms with van der Waals surface area (Å²) in [7, 11) is 0. The van der Waals surface area contributed by atoms with Crippen LogP contribution in [0.5, 0.6) is 0 Å². The van der Waals surface area contributed by atoms with Gasteiger partial charge in [-0.1, -0.05) is 150 Å². The van der Waals surface area contributed by atoms with Crippen molar-refractivity contribution >= 4 is 113 Å². The largest absolute Gasteiger partial charge is 0.415 e. The number of aromatic nitrogens is 2. The molecule has 0 radical (unpaired) electrons. The number of hydrogen-bond acceptors (Lipinski definition) is 0. The molecule has 0 atom stereocenters. The van der Waals surface area contributed by atoms with Crippen LogP contribution < -0.4 is 49.2 Å². The van der Waals surface area contributed by atoms with Gasteiger partial charge in [0.05, 0.1) is 5.56 Å². The summed E-state index contributed by atoms with van der Waals surface area (Å²) in [5.74, 6) is 0. The Morgan fingerprint density at radius 1 is 0.381 bits per heavy atom.